The summed E-state index contributed by atoms with van der Waals surface area (Å²) >= 11 is 0. The van der Waals surface area contributed by atoms with Gasteiger partial charge in [0, 0.05) is 26.6 Å². The SMILES string of the molecule is CC(=O)OCCN(CCN)CC(=O)OC(C)(C)C. The lowest BCUT2D eigenvalue weighted by Gasteiger charge is -2.24. The van der Waals surface area contributed by atoms with E-state index in [-0.39, 0.29) is 25.1 Å². The van der Waals surface area contributed by atoms with Gasteiger partial charge in [0.15, 0.2) is 0 Å². The van der Waals surface area contributed by atoms with Gasteiger partial charge in [0.2, 0.25) is 0 Å². The Balaban J connectivity index is 4.09. The highest BCUT2D eigenvalue weighted by molar-refractivity contribution is 5.72. The molecule has 0 rings (SSSR count). The lowest BCUT2D eigenvalue weighted by Crippen LogP contribution is -2.39. The van der Waals surface area contributed by atoms with Gasteiger partial charge in [-0.1, -0.05) is 0 Å². The first kappa shape index (κ1) is 16.9. The minimum Gasteiger partial charge on any atom is -0.465 e. The van der Waals surface area contributed by atoms with Crippen molar-refractivity contribution in [1.82, 2.24) is 4.90 Å². The summed E-state index contributed by atoms with van der Waals surface area (Å²) in [6.07, 6.45) is 0. The van der Waals surface area contributed by atoms with E-state index in [1.54, 1.807) is 4.90 Å². The molecule has 0 aliphatic rings. The summed E-state index contributed by atoms with van der Waals surface area (Å²) in [6, 6.07) is 0. The number of hydrogen-bond donors (Lipinski definition) is 1. The second-order valence-electron chi connectivity index (χ2n) is 4.99. The first-order valence-electron chi connectivity index (χ1n) is 6.02. The fourth-order valence-corrected chi connectivity index (χ4v) is 1.33. The van der Waals surface area contributed by atoms with Crippen LogP contribution < -0.4 is 5.73 Å². The zero-order chi connectivity index (χ0) is 14.2. The molecule has 0 amide bonds. The predicted octanol–water partition coefficient (Wildman–Crippen LogP) is 0.152. The van der Waals surface area contributed by atoms with Crippen molar-refractivity contribution >= 4 is 11.9 Å². The molecular weight excluding hydrogens is 236 g/mol. The number of nitrogens with two attached hydrogens (primary N) is 1. The highest BCUT2D eigenvalue weighted by atomic mass is 16.6. The molecule has 0 radical (unpaired) electrons. The summed E-state index contributed by atoms with van der Waals surface area (Å²) in [7, 11) is 0. The normalized spacial score (nSPS) is 11.4. The van der Waals surface area contributed by atoms with E-state index in [1.165, 1.54) is 6.92 Å². The molecule has 0 aromatic heterocycles. The van der Waals surface area contributed by atoms with Crippen LogP contribution in [-0.2, 0) is 19.1 Å². The van der Waals surface area contributed by atoms with E-state index in [0.717, 1.165) is 0 Å². The number of carbonyl (C=O) groups is 2. The molecule has 0 aliphatic carbocycles. The second-order valence-corrected chi connectivity index (χ2v) is 4.99. The van der Waals surface area contributed by atoms with Crippen molar-refractivity contribution in [3.05, 3.63) is 0 Å². The number of rotatable bonds is 7. The van der Waals surface area contributed by atoms with Gasteiger partial charge < -0.3 is 15.2 Å². The molecular formula is C12H24N2O4. The summed E-state index contributed by atoms with van der Waals surface area (Å²) in [5.41, 5.74) is 4.96. The highest BCUT2D eigenvalue weighted by Crippen LogP contribution is 2.07. The third-order valence-electron chi connectivity index (χ3n) is 1.93. The van der Waals surface area contributed by atoms with Gasteiger partial charge in [0.25, 0.3) is 0 Å². The summed E-state index contributed by atoms with van der Waals surface area (Å²) in [5, 5.41) is 0. The molecule has 0 atom stereocenters. The van der Waals surface area contributed by atoms with Gasteiger partial charge in [0.05, 0.1) is 6.54 Å². The van der Waals surface area contributed by atoms with Gasteiger partial charge in [-0.25, -0.2) is 0 Å². The number of ether oxygens (including phenoxy) is 2. The molecule has 18 heavy (non-hydrogen) atoms. The van der Waals surface area contributed by atoms with E-state index in [2.05, 4.69) is 0 Å². The quantitative estimate of drug-likeness (QED) is 0.656. The first-order chi connectivity index (χ1) is 8.24. The molecule has 0 aromatic rings. The molecule has 0 aromatic carbocycles. The molecule has 0 heterocycles. The van der Waals surface area contributed by atoms with Gasteiger partial charge in [0.1, 0.15) is 12.2 Å². The van der Waals surface area contributed by atoms with Crippen molar-refractivity contribution in [2.45, 2.75) is 33.3 Å². The fraction of sp³-hybridized carbons (Fsp3) is 0.833. The number of carbonyl (C=O) groups excluding carboxylic acids is 2. The van der Waals surface area contributed by atoms with Crippen molar-refractivity contribution in [2.75, 3.05) is 32.8 Å². The van der Waals surface area contributed by atoms with Gasteiger partial charge in [-0.05, 0) is 20.8 Å². The summed E-state index contributed by atoms with van der Waals surface area (Å²) in [5.74, 6) is -0.640. The van der Waals surface area contributed by atoms with Crippen LogP contribution >= 0.6 is 0 Å². The Kier molecular flexibility index (Phi) is 7.54. The van der Waals surface area contributed by atoms with Crippen molar-refractivity contribution in [3.8, 4) is 0 Å². The summed E-state index contributed by atoms with van der Waals surface area (Å²) in [4.78, 5) is 24.1. The maximum Gasteiger partial charge on any atom is 0.320 e. The van der Waals surface area contributed by atoms with Crippen LogP contribution in [-0.4, -0.2) is 55.2 Å². The monoisotopic (exact) mass is 260 g/mol. The Hall–Kier alpha value is -1.14. The summed E-state index contributed by atoms with van der Waals surface area (Å²) in [6.45, 7) is 8.65. The molecule has 0 saturated heterocycles. The van der Waals surface area contributed by atoms with Crippen LogP contribution in [0.1, 0.15) is 27.7 Å². The molecule has 0 saturated carbocycles. The third kappa shape index (κ3) is 10.0. The van der Waals surface area contributed by atoms with Crippen LogP contribution in [0.4, 0.5) is 0 Å². The molecule has 6 nitrogen and oxygen atoms in total. The second kappa shape index (κ2) is 8.05. The van der Waals surface area contributed by atoms with Crippen LogP contribution in [0.25, 0.3) is 0 Å². The Labute approximate surface area is 108 Å². The minimum absolute atomic E-state index is 0.149. The molecule has 0 aliphatic heterocycles. The van der Waals surface area contributed by atoms with Crippen LogP contribution in [0, 0.1) is 0 Å². The lowest BCUT2D eigenvalue weighted by atomic mass is 10.2. The van der Waals surface area contributed by atoms with Gasteiger partial charge >= 0.3 is 11.9 Å². The van der Waals surface area contributed by atoms with Crippen molar-refractivity contribution in [2.24, 2.45) is 5.73 Å². The van der Waals surface area contributed by atoms with Crippen molar-refractivity contribution in [1.29, 1.82) is 0 Å². The summed E-state index contributed by atoms with van der Waals surface area (Å²) < 4.78 is 10.0. The van der Waals surface area contributed by atoms with E-state index in [1.807, 2.05) is 20.8 Å². The Morgan fingerprint density at radius 1 is 1.22 bits per heavy atom. The van der Waals surface area contributed by atoms with Crippen LogP contribution in [0.5, 0.6) is 0 Å². The maximum absolute atomic E-state index is 11.6. The average Bonchev–Trinajstić information content (AvgIpc) is 2.13. The largest absolute Gasteiger partial charge is 0.465 e. The molecule has 6 heteroatoms. The number of nitrogens with zero attached hydrogens (tertiary/aromatic N) is 1. The Morgan fingerprint density at radius 3 is 2.28 bits per heavy atom. The van der Waals surface area contributed by atoms with E-state index < -0.39 is 5.60 Å². The van der Waals surface area contributed by atoms with Crippen molar-refractivity contribution in [3.63, 3.8) is 0 Å². The smallest absolute Gasteiger partial charge is 0.320 e. The molecule has 0 spiro atoms. The van der Waals surface area contributed by atoms with Gasteiger partial charge in [-0.2, -0.15) is 0 Å². The molecule has 0 fully saturated rings. The first-order valence-corrected chi connectivity index (χ1v) is 6.02. The zero-order valence-corrected chi connectivity index (χ0v) is 11.7. The number of hydrogen-bond acceptors (Lipinski definition) is 6. The van der Waals surface area contributed by atoms with Gasteiger partial charge in [-0.3, -0.25) is 14.5 Å². The predicted molar refractivity (Wildman–Crippen MR) is 68.0 cm³/mol. The topological polar surface area (TPSA) is 81.9 Å². The van der Waals surface area contributed by atoms with Crippen LogP contribution in [0.3, 0.4) is 0 Å². The van der Waals surface area contributed by atoms with E-state index in [0.29, 0.717) is 19.6 Å². The Morgan fingerprint density at radius 2 is 1.83 bits per heavy atom. The standard InChI is InChI=1S/C12H24N2O4/c1-10(15)17-8-7-14(6-5-13)9-11(16)18-12(2,3)4/h5-9,13H2,1-4H3. The Bertz CT molecular complexity index is 274. The molecule has 0 unspecified atom stereocenters. The zero-order valence-electron chi connectivity index (χ0n) is 11.7. The molecule has 2 N–H and O–H groups in total. The van der Waals surface area contributed by atoms with E-state index in [9.17, 15) is 9.59 Å². The number of esters is 2. The molecule has 0 bridgehead atoms. The van der Waals surface area contributed by atoms with E-state index >= 15 is 0 Å². The van der Waals surface area contributed by atoms with Crippen LogP contribution in [0.15, 0.2) is 0 Å². The van der Waals surface area contributed by atoms with Crippen LogP contribution in [0.2, 0.25) is 0 Å². The highest BCUT2D eigenvalue weighted by Gasteiger charge is 2.18. The van der Waals surface area contributed by atoms with Gasteiger partial charge in [-0.15, -0.1) is 0 Å². The third-order valence-corrected chi connectivity index (χ3v) is 1.93. The maximum atomic E-state index is 11.6. The lowest BCUT2D eigenvalue weighted by molar-refractivity contribution is -0.156. The fourth-order valence-electron chi connectivity index (χ4n) is 1.33. The van der Waals surface area contributed by atoms with E-state index in [4.69, 9.17) is 15.2 Å². The average molecular weight is 260 g/mol. The molecule has 106 valence electrons. The van der Waals surface area contributed by atoms with Crippen molar-refractivity contribution < 1.29 is 19.1 Å². The minimum atomic E-state index is -0.499.